The van der Waals surface area contributed by atoms with Crippen molar-refractivity contribution in [1.29, 1.82) is 0 Å². The molecule has 1 aromatic carbocycles. The lowest BCUT2D eigenvalue weighted by atomic mass is 10.1. The van der Waals surface area contributed by atoms with Crippen LogP contribution >= 0.6 is 11.6 Å². The number of H-pyrrole nitrogens is 1. The van der Waals surface area contributed by atoms with Gasteiger partial charge in [-0.1, -0.05) is 28.8 Å². The smallest absolute Gasteiger partial charge is 0.248 e. The Morgan fingerprint density at radius 3 is 3.05 bits per heavy atom. The Morgan fingerprint density at radius 1 is 1.29 bits per heavy atom. The summed E-state index contributed by atoms with van der Waals surface area (Å²) in [7, 11) is 0. The summed E-state index contributed by atoms with van der Waals surface area (Å²) in [5.74, 6) is 0.576. The third-order valence-electron chi connectivity index (χ3n) is 3.30. The molecule has 0 bridgehead atoms. The zero-order valence-corrected chi connectivity index (χ0v) is 11.5. The first-order valence-corrected chi connectivity index (χ1v) is 6.70. The molecule has 104 valence electrons. The van der Waals surface area contributed by atoms with Gasteiger partial charge in [-0.05, 0) is 34.2 Å². The number of allylic oxidation sites excluding steroid dienone is 1. The zero-order valence-electron chi connectivity index (χ0n) is 10.7. The van der Waals surface area contributed by atoms with Gasteiger partial charge in [0.15, 0.2) is 0 Å². The Bertz CT molecular complexity index is 806. The molecule has 3 heterocycles. The van der Waals surface area contributed by atoms with E-state index in [-0.39, 0.29) is 6.04 Å². The van der Waals surface area contributed by atoms with Crippen LogP contribution in [0.5, 0.6) is 0 Å². The van der Waals surface area contributed by atoms with Gasteiger partial charge < -0.3 is 10.3 Å². The molecule has 1 aliphatic rings. The van der Waals surface area contributed by atoms with Crippen molar-refractivity contribution >= 4 is 23.2 Å². The zero-order chi connectivity index (χ0) is 14.2. The number of halogens is 1. The van der Waals surface area contributed by atoms with Crippen molar-refractivity contribution in [2.75, 3.05) is 5.32 Å². The molecule has 4 rings (SSSR count). The molecule has 1 aliphatic heterocycles. The van der Waals surface area contributed by atoms with Crippen molar-refractivity contribution in [1.82, 2.24) is 30.2 Å². The van der Waals surface area contributed by atoms with E-state index in [4.69, 9.17) is 11.6 Å². The van der Waals surface area contributed by atoms with Crippen molar-refractivity contribution in [2.45, 2.75) is 6.04 Å². The maximum Gasteiger partial charge on any atom is 0.248 e. The highest BCUT2D eigenvalue weighted by atomic mass is 35.5. The average molecular weight is 300 g/mol. The second-order valence-electron chi connectivity index (χ2n) is 4.61. The van der Waals surface area contributed by atoms with Gasteiger partial charge in [-0.25, -0.2) is 4.98 Å². The molecule has 8 heteroatoms. The number of nitrogens with zero attached hydrogens (tertiary/aromatic N) is 5. The van der Waals surface area contributed by atoms with Crippen LogP contribution in [0, 0.1) is 0 Å². The molecule has 21 heavy (non-hydrogen) atoms. The monoisotopic (exact) mass is 299 g/mol. The lowest BCUT2D eigenvalue weighted by molar-refractivity contribution is 0.576. The molecule has 1 unspecified atom stereocenters. The Labute approximate surface area is 124 Å². The molecule has 0 fully saturated rings. The molecular formula is C13H10ClN7. The van der Waals surface area contributed by atoms with E-state index in [1.165, 1.54) is 0 Å². The van der Waals surface area contributed by atoms with E-state index in [2.05, 4.69) is 30.8 Å². The number of nitrogens with one attached hydrogen (secondary N) is 2. The fourth-order valence-corrected chi connectivity index (χ4v) is 2.52. The van der Waals surface area contributed by atoms with E-state index in [9.17, 15) is 0 Å². The molecular weight excluding hydrogens is 290 g/mol. The van der Waals surface area contributed by atoms with Gasteiger partial charge in [-0.3, -0.25) is 0 Å². The van der Waals surface area contributed by atoms with Crippen LogP contribution in [0.2, 0.25) is 5.02 Å². The van der Waals surface area contributed by atoms with Gasteiger partial charge in [0.05, 0.1) is 18.2 Å². The maximum atomic E-state index is 6.06. The van der Waals surface area contributed by atoms with Crippen LogP contribution in [0.15, 0.2) is 42.9 Å². The van der Waals surface area contributed by atoms with Crippen LogP contribution in [0.25, 0.3) is 5.70 Å². The van der Waals surface area contributed by atoms with Gasteiger partial charge in [0.25, 0.3) is 0 Å². The molecule has 3 aromatic rings. The van der Waals surface area contributed by atoms with Crippen LogP contribution in [0.4, 0.5) is 5.95 Å². The number of tetrazole rings is 1. The third-order valence-corrected chi connectivity index (χ3v) is 3.54. The summed E-state index contributed by atoms with van der Waals surface area (Å²) in [5, 5.41) is 15.6. The van der Waals surface area contributed by atoms with Gasteiger partial charge in [0.2, 0.25) is 5.95 Å². The standard InChI is InChI=1S/C13H10ClN7/c14-9-3-1-2-8(4-9)10-5-12(11-6-15-7-16-11)21-13(17-10)18-19-20-21/h1-7,12H,(H,15,16)(H,17,18,20). The highest BCUT2D eigenvalue weighted by Crippen LogP contribution is 2.31. The van der Waals surface area contributed by atoms with Crippen molar-refractivity contribution < 1.29 is 0 Å². The summed E-state index contributed by atoms with van der Waals surface area (Å²) in [6, 6.07) is 7.47. The maximum absolute atomic E-state index is 6.06. The summed E-state index contributed by atoms with van der Waals surface area (Å²) in [6.07, 6.45) is 5.42. The molecule has 7 nitrogen and oxygen atoms in total. The number of hydrogen-bond acceptors (Lipinski definition) is 5. The van der Waals surface area contributed by atoms with Crippen molar-refractivity contribution in [3.8, 4) is 0 Å². The second kappa shape index (κ2) is 4.71. The fourth-order valence-electron chi connectivity index (χ4n) is 2.33. The molecule has 0 saturated heterocycles. The Kier molecular flexibility index (Phi) is 2.71. The summed E-state index contributed by atoms with van der Waals surface area (Å²) < 4.78 is 1.70. The molecule has 0 spiro atoms. The largest absolute Gasteiger partial charge is 0.346 e. The van der Waals surface area contributed by atoms with Crippen molar-refractivity contribution in [3.05, 3.63) is 59.1 Å². The first kappa shape index (κ1) is 12.1. The lowest BCUT2D eigenvalue weighted by Gasteiger charge is -2.22. The minimum Gasteiger partial charge on any atom is -0.346 e. The normalized spacial score (nSPS) is 17.0. The van der Waals surface area contributed by atoms with Crippen molar-refractivity contribution in [2.24, 2.45) is 0 Å². The third kappa shape index (κ3) is 2.07. The van der Waals surface area contributed by atoms with Gasteiger partial charge in [-0.2, -0.15) is 4.68 Å². The quantitative estimate of drug-likeness (QED) is 0.757. The number of hydrogen-bond donors (Lipinski definition) is 2. The van der Waals surface area contributed by atoms with Crippen LogP contribution < -0.4 is 5.32 Å². The first-order valence-electron chi connectivity index (χ1n) is 6.32. The van der Waals surface area contributed by atoms with Gasteiger partial charge >= 0.3 is 0 Å². The number of aromatic nitrogens is 6. The molecule has 1 atom stereocenters. The Balaban J connectivity index is 1.82. The summed E-state index contributed by atoms with van der Waals surface area (Å²) in [6.45, 7) is 0. The number of rotatable bonds is 2. The minimum atomic E-state index is -0.146. The summed E-state index contributed by atoms with van der Waals surface area (Å²) in [4.78, 5) is 7.15. The predicted molar refractivity (Wildman–Crippen MR) is 77.6 cm³/mol. The molecule has 0 aliphatic carbocycles. The van der Waals surface area contributed by atoms with Gasteiger partial charge in [-0.15, -0.1) is 0 Å². The molecule has 0 amide bonds. The number of benzene rings is 1. The van der Waals surface area contributed by atoms with E-state index >= 15 is 0 Å². The predicted octanol–water partition coefficient (Wildman–Crippen LogP) is 2.11. The van der Waals surface area contributed by atoms with E-state index < -0.39 is 0 Å². The fraction of sp³-hybridized carbons (Fsp3) is 0.0769. The number of imidazole rings is 1. The highest BCUT2D eigenvalue weighted by molar-refractivity contribution is 6.30. The molecule has 0 radical (unpaired) electrons. The topological polar surface area (TPSA) is 84.3 Å². The Hall–Kier alpha value is -2.67. The van der Waals surface area contributed by atoms with Crippen LogP contribution in [0.3, 0.4) is 0 Å². The van der Waals surface area contributed by atoms with E-state index in [1.807, 2.05) is 30.3 Å². The van der Waals surface area contributed by atoms with E-state index in [0.29, 0.717) is 11.0 Å². The summed E-state index contributed by atoms with van der Waals surface area (Å²) in [5.41, 5.74) is 2.78. The van der Waals surface area contributed by atoms with E-state index in [1.54, 1.807) is 17.2 Å². The van der Waals surface area contributed by atoms with Crippen molar-refractivity contribution in [3.63, 3.8) is 0 Å². The number of anilines is 1. The highest BCUT2D eigenvalue weighted by Gasteiger charge is 2.25. The number of aromatic amines is 1. The van der Waals surface area contributed by atoms with Gasteiger partial charge in [0.1, 0.15) is 6.04 Å². The first-order chi connectivity index (χ1) is 10.3. The second-order valence-corrected chi connectivity index (χ2v) is 5.05. The van der Waals surface area contributed by atoms with Gasteiger partial charge in [0, 0.05) is 10.7 Å². The lowest BCUT2D eigenvalue weighted by Crippen LogP contribution is -2.20. The van der Waals surface area contributed by atoms with E-state index in [0.717, 1.165) is 17.0 Å². The molecule has 0 saturated carbocycles. The molecule has 2 aromatic heterocycles. The van der Waals surface area contributed by atoms with Crippen LogP contribution in [-0.2, 0) is 0 Å². The van der Waals surface area contributed by atoms with Crippen LogP contribution in [0.1, 0.15) is 17.3 Å². The SMILES string of the molecule is Clc1cccc(C2=CC(c3cnc[nH]3)n3nnnc3N2)c1. The number of fused-ring (bicyclic) bond motifs is 1. The average Bonchev–Trinajstić information content (AvgIpc) is 3.17. The van der Waals surface area contributed by atoms with Crippen LogP contribution in [-0.4, -0.2) is 30.2 Å². The molecule has 2 N–H and O–H groups in total. The minimum absolute atomic E-state index is 0.146. The summed E-state index contributed by atoms with van der Waals surface area (Å²) >= 11 is 6.06. The Morgan fingerprint density at radius 2 is 2.24 bits per heavy atom.